The van der Waals surface area contributed by atoms with Crippen molar-refractivity contribution in [2.45, 2.75) is 4.90 Å². The van der Waals surface area contributed by atoms with Gasteiger partial charge in [0.1, 0.15) is 5.15 Å². The third-order valence-corrected chi connectivity index (χ3v) is 4.60. The Kier molecular flexibility index (Phi) is 5.99. The molecule has 1 aromatic carbocycles. The summed E-state index contributed by atoms with van der Waals surface area (Å²) in [6, 6.07) is 6.71. The van der Waals surface area contributed by atoms with Gasteiger partial charge in [0, 0.05) is 12.5 Å². The topological polar surface area (TPSA) is 102 Å². The fourth-order valence-electron chi connectivity index (χ4n) is 1.73. The Morgan fingerprint density at radius 1 is 1.20 bits per heavy atom. The number of pyridine rings is 1. The number of nitrogens with one attached hydrogen (secondary N) is 1. The average Bonchev–Trinajstić information content (AvgIpc) is 2.54. The largest absolute Gasteiger partial charge is 0.452 e. The first-order chi connectivity index (χ1) is 11.7. The van der Waals surface area contributed by atoms with E-state index in [0.717, 1.165) is 6.26 Å². The predicted molar refractivity (Wildman–Crippen MR) is 92.7 cm³/mol. The van der Waals surface area contributed by atoms with Crippen LogP contribution in [0, 0.1) is 0 Å². The Balaban J connectivity index is 2.01. The Morgan fingerprint density at radius 3 is 2.52 bits per heavy atom. The van der Waals surface area contributed by atoms with Gasteiger partial charge in [0.15, 0.2) is 16.4 Å². The van der Waals surface area contributed by atoms with Gasteiger partial charge in [0.2, 0.25) is 0 Å². The van der Waals surface area contributed by atoms with E-state index in [1.807, 2.05) is 0 Å². The van der Waals surface area contributed by atoms with Crippen molar-refractivity contribution in [2.75, 3.05) is 18.2 Å². The van der Waals surface area contributed by atoms with Crippen molar-refractivity contribution < 1.29 is 22.7 Å². The van der Waals surface area contributed by atoms with Crippen molar-refractivity contribution in [3.63, 3.8) is 0 Å². The van der Waals surface area contributed by atoms with Crippen molar-refractivity contribution in [3.8, 4) is 0 Å². The summed E-state index contributed by atoms with van der Waals surface area (Å²) in [6.45, 7) is -0.582. The maximum Gasteiger partial charge on any atom is 0.340 e. The number of sulfone groups is 1. The molecule has 25 heavy (non-hydrogen) atoms. The minimum atomic E-state index is -3.46. The molecule has 0 aliphatic carbocycles. The molecule has 2 rings (SSSR count). The smallest absolute Gasteiger partial charge is 0.340 e. The standard InChI is InChI=1S/C15H12Cl2N2O5S/c1-25(22,23)10-3-4-11(16)12(6-10)19-14(20)8-24-15(21)9-2-5-13(17)18-7-9/h2-7H,8H2,1H3,(H,19,20). The Hall–Kier alpha value is -2.16. The van der Waals surface area contributed by atoms with Crippen LogP contribution >= 0.6 is 23.2 Å². The van der Waals surface area contributed by atoms with Gasteiger partial charge in [-0.25, -0.2) is 18.2 Å². The molecule has 0 fully saturated rings. The second-order valence-electron chi connectivity index (χ2n) is 4.91. The van der Waals surface area contributed by atoms with Gasteiger partial charge >= 0.3 is 5.97 Å². The molecule has 0 aliphatic rings. The van der Waals surface area contributed by atoms with Gasteiger partial charge in [-0.2, -0.15) is 0 Å². The lowest BCUT2D eigenvalue weighted by molar-refractivity contribution is -0.119. The second-order valence-corrected chi connectivity index (χ2v) is 7.72. The van der Waals surface area contributed by atoms with Crippen LogP contribution in [-0.4, -0.2) is 38.1 Å². The molecule has 132 valence electrons. The van der Waals surface area contributed by atoms with Crippen LogP contribution in [0.1, 0.15) is 10.4 Å². The number of nitrogens with zero attached hydrogens (tertiary/aromatic N) is 1. The third kappa shape index (κ3) is 5.42. The number of hydrogen-bond acceptors (Lipinski definition) is 6. The van der Waals surface area contributed by atoms with E-state index < -0.39 is 28.3 Å². The van der Waals surface area contributed by atoms with Gasteiger partial charge in [-0.3, -0.25) is 4.79 Å². The first-order valence-electron chi connectivity index (χ1n) is 6.75. The van der Waals surface area contributed by atoms with Crippen molar-refractivity contribution >= 4 is 50.6 Å². The molecular weight excluding hydrogens is 391 g/mol. The number of ether oxygens (including phenoxy) is 1. The average molecular weight is 403 g/mol. The number of aromatic nitrogens is 1. The maximum absolute atomic E-state index is 11.9. The van der Waals surface area contributed by atoms with Crippen molar-refractivity contribution in [1.82, 2.24) is 4.98 Å². The van der Waals surface area contributed by atoms with E-state index in [-0.39, 0.29) is 26.3 Å². The van der Waals surface area contributed by atoms with Crippen molar-refractivity contribution in [3.05, 3.63) is 52.3 Å². The quantitative estimate of drug-likeness (QED) is 0.608. The first-order valence-corrected chi connectivity index (χ1v) is 9.39. The SMILES string of the molecule is CS(=O)(=O)c1ccc(Cl)c(NC(=O)COC(=O)c2ccc(Cl)nc2)c1. The molecule has 0 saturated heterocycles. The Bertz CT molecular complexity index is 914. The number of esters is 1. The van der Waals surface area contributed by atoms with Gasteiger partial charge in [-0.05, 0) is 30.3 Å². The molecule has 0 spiro atoms. The molecular formula is C15H12Cl2N2O5S. The molecule has 1 heterocycles. The zero-order valence-corrected chi connectivity index (χ0v) is 15.2. The first kappa shape index (κ1) is 19.2. The van der Waals surface area contributed by atoms with Gasteiger partial charge in [-0.1, -0.05) is 23.2 Å². The summed E-state index contributed by atoms with van der Waals surface area (Å²) in [5.41, 5.74) is 0.230. The molecule has 0 aliphatic heterocycles. The molecule has 1 aromatic heterocycles. The summed E-state index contributed by atoms with van der Waals surface area (Å²) < 4.78 is 27.9. The molecule has 0 radical (unpaired) electrons. The Morgan fingerprint density at radius 2 is 1.92 bits per heavy atom. The van der Waals surface area contributed by atoms with Crippen LogP contribution in [0.4, 0.5) is 5.69 Å². The fourth-order valence-corrected chi connectivity index (χ4v) is 2.65. The minimum Gasteiger partial charge on any atom is -0.452 e. The minimum absolute atomic E-state index is 0.00330. The highest BCUT2D eigenvalue weighted by Gasteiger charge is 2.14. The van der Waals surface area contributed by atoms with E-state index >= 15 is 0 Å². The second kappa shape index (κ2) is 7.81. The number of carbonyl (C=O) groups excluding carboxylic acids is 2. The van der Waals surface area contributed by atoms with Crippen LogP contribution in [0.5, 0.6) is 0 Å². The summed E-state index contributed by atoms with van der Waals surface area (Å²) in [6.07, 6.45) is 2.25. The number of hydrogen-bond donors (Lipinski definition) is 1. The molecule has 0 atom stereocenters. The fraction of sp³-hybridized carbons (Fsp3) is 0.133. The van der Waals surface area contributed by atoms with Gasteiger partial charge < -0.3 is 10.1 Å². The highest BCUT2D eigenvalue weighted by molar-refractivity contribution is 7.90. The Labute approximate surface area is 153 Å². The molecule has 0 bridgehead atoms. The van der Waals surface area contributed by atoms with E-state index in [9.17, 15) is 18.0 Å². The third-order valence-electron chi connectivity index (χ3n) is 2.94. The van der Waals surface area contributed by atoms with Gasteiger partial charge in [0.05, 0.1) is 21.2 Å². The lowest BCUT2D eigenvalue weighted by atomic mass is 10.3. The molecule has 7 nitrogen and oxygen atoms in total. The van der Waals surface area contributed by atoms with E-state index in [1.54, 1.807) is 0 Å². The zero-order valence-electron chi connectivity index (χ0n) is 12.8. The lowest BCUT2D eigenvalue weighted by Gasteiger charge is -2.09. The summed E-state index contributed by atoms with van der Waals surface area (Å²) in [7, 11) is -3.46. The number of amides is 1. The van der Waals surface area contributed by atoms with Crippen LogP contribution < -0.4 is 5.32 Å². The maximum atomic E-state index is 11.9. The number of carbonyl (C=O) groups is 2. The van der Waals surface area contributed by atoms with Crippen molar-refractivity contribution in [1.29, 1.82) is 0 Å². The molecule has 1 amide bonds. The van der Waals surface area contributed by atoms with E-state index in [0.29, 0.717) is 0 Å². The highest BCUT2D eigenvalue weighted by atomic mass is 35.5. The summed E-state index contributed by atoms with van der Waals surface area (Å²) in [5.74, 6) is -1.43. The van der Waals surface area contributed by atoms with Gasteiger partial charge in [-0.15, -0.1) is 0 Å². The molecule has 1 N–H and O–H groups in total. The number of benzene rings is 1. The van der Waals surface area contributed by atoms with Crippen LogP contribution in [0.2, 0.25) is 10.2 Å². The molecule has 10 heteroatoms. The summed E-state index contributed by atoms with van der Waals surface area (Å²) in [5, 5.41) is 2.75. The normalized spacial score (nSPS) is 11.0. The molecule has 2 aromatic rings. The van der Waals surface area contributed by atoms with Crippen molar-refractivity contribution in [2.24, 2.45) is 0 Å². The number of halogens is 2. The van der Waals surface area contributed by atoms with Gasteiger partial charge in [0.25, 0.3) is 5.91 Å². The van der Waals surface area contributed by atoms with E-state index in [1.165, 1.54) is 36.5 Å². The molecule has 0 unspecified atom stereocenters. The monoisotopic (exact) mass is 402 g/mol. The van der Waals surface area contributed by atoms with E-state index in [2.05, 4.69) is 10.3 Å². The highest BCUT2D eigenvalue weighted by Crippen LogP contribution is 2.25. The van der Waals surface area contributed by atoms with Crippen LogP contribution in [0.25, 0.3) is 0 Å². The van der Waals surface area contributed by atoms with Crippen LogP contribution in [0.3, 0.4) is 0 Å². The zero-order chi connectivity index (χ0) is 18.6. The van der Waals surface area contributed by atoms with E-state index in [4.69, 9.17) is 27.9 Å². The number of rotatable bonds is 5. The van der Waals surface area contributed by atoms with Crippen LogP contribution in [0.15, 0.2) is 41.4 Å². The number of anilines is 1. The van der Waals surface area contributed by atoms with Crippen LogP contribution in [-0.2, 0) is 19.4 Å². The summed E-state index contributed by atoms with van der Waals surface area (Å²) >= 11 is 11.5. The predicted octanol–water partition coefficient (Wildman–Crippen LogP) is 2.59. The molecule has 0 saturated carbocycles. The summed E-state index contributed by atoms with van der Waals surface area (Å²) in [4.78, 5) is 27.4. The lowest BCUT2D eigenvalue weighted by Crippen LogP contribution is -2.21.